The third-order valence-corrected chi connectivity index (χ3v) is 3.47. The first-order valence-corrected chi connectivity index (χ1v) is 6.21. The number of nitrogens with zero attached hydrogens (tertiary/aromatic N) is 1. The molecule has 90 valence electrons. The quantitative estimate of drug-likeness (QED) is 0.693. The van der Waals surface area contributed by atoms with Crippen molar-refractivity contribution < 1.29 is 4.79 Å². The molecule has 0 unspecified atom stereocenters. The summed E-state index contributed by atoms with van der Waals surface area (Å²) in [5.74, 6) is 0. The van der Waals surface area contributed by atoms with Crippen molar-refractivity contribution in [3.63, 3.8) is 0 Å². The van der Waals surface area contributed by atoms with Crippen LogP contribution in [0.2, 0.25) is 0 Å². The second kappa shape index (κ2) is 5.17. The summed E-state index contributed by atoms with van der Waals surface area (Å²) in [4.78, 5) is 13.3. The van der Waals surface area contributed by atoms with Crippen molar-refractivity contribution in [2.24, 2.45) is 0 Å². The number of hydrogen-bond acceptors (Lipinski definition) is 2. The molecule has 2 aliphatic rings. The fraction of sp³-hybridized carbons (Fsp3) is 0.400. The maximum Gasteiger partial charge on any atom is 0.146 e. The molecule has 1 aliphatic carbocycles. The van der Waals surface area contributed by atoms with Gasteiger partial charge in [0.1, 0.15) is 6.29 Å². The number of likely N-dealkylation sites (N-methyl/N-ethyl adjacent to an activating group) is 1. The molecule has 1 heterocycles. The Balaban J connectivity index is 2.29. The summed E-state index contributed by atoms with van der Waals surface area (Å²) < 4.78 is 0. The molecule has 0 aromatic heterocycles. The maximum absolute atomic E-state index is 10.9. The summed E-state index contributed by atoms with van der Waals surface area (Å²) in [7, 11) is 0. The van der Waals surface area contributed by atoms with Gasteiger partial charge in [-0.1, -0.05) is 23.8 Å². The fourth-order valence-corrected chi connectivity index (χ4v) is 2.38. The van der Waals surface area contributed by atoms with Crippen molar-refractivity contribution >= 4 is 6.29 Å². The van der Waals surface area contributed by atoms with E-state index in [9.17, 15) is 4.79 Å². The third-order valence-electron chi connectivity index (χ3n) is 3.47. The molecule has 0 saturated carbocycles. The molecular formula is C15H19NO. The maximum atomic E-state index is 10.9. The van der Waals surface area contributed by atoms with Crippen LogP contribution < -0.4 is 0 Å². The average molecular weight is 229 g/mol. The largest absolute Gasteiger partial charge is 0.368 e. The van der Waals surface area contributed by atoms with Crippen LogP contribution in [0.15, 0.2) is 46.7 Å². The first-order chi connectivity index (χ1) is 8.26. The van der Waals surface area contributed by atoms with Crippen LogP contribution in [0.1, 0.15) is 26.7 Å². The van der Waals surface area contributed by atoms with E-state index < -0.39 is 0 Å². The van der Waals surface area contributed by atoms with Crippen LogP contribution in [-0.4, -0.2) is 24.3 Å². The van der Waals surface area contributed by atoms with E-state index in [-0.39, 0.29) is 0 Å². The van der Waals surface area contributed by atoms with E-state index in [2.05, 4.69) is 37.0 Å². The Bertz CT molecular complexity index is 438. The van der Waals surface area contributed by atoms with E-state index in [0.29, 0.717) is 0 Å². The predicted molar refractivity (Wildman–Crippen MR) is 70.6 cm³/mol. The van der Waals surface area contributed by atoms with Crippen LogP contribution in [0.5, 0.6) is 0 Å². The molecule has 2 rings (SSSR count). The van der Waals surface area contributed by atoms with Crippen LogP contribution in [0.4, 0.5) is 0 Å². The minimum Gasteiger partial charge on any atom is -0.368 e. The molecule has 0 atom stereocenters. The van der Waals surface area contributed by atoms with Gasteiger partial charge in [0, 0.05) is 25.2 Å². The zero-order chi connectivity index (χ0) is 12.3. The Labute approximate surface area is 103 Å². The first kappa shape index (κ1) is 11.9. The van der Waals surface area contributed by atoms with Gasteiger partial charge in [0.05, 0.1) is 0 Å². The summed E-state index contributed by atoms with van der Waals surface area (Å²) in [6.45, 7) is 6.31. The normalized spacial score (nSPS) is 20.2. The van der Waals surface area contributed by atoms with Gasteiger partial charge >= 0.3 is 0 Å². The summed E-state index contributed by atoms with van der Waals surface area (Å²) in [5.41, 5.74) is 4.92. The minimum absolute atomic E-state index is 0.783. The lowest BCUT2D eigenvalue weighted by molar-refractivity contribution is -0.105. The molecule has 0 aromatic rings. The zero-order valence-corrected chi connectivity index (χ0v) is 10.6. The van der Waals surface area contributed by atoms with E-state index >= 15 is 0 Å². The van der Waals surface area contributed by atoms with Gasteiger partial charge in [0.25, 0.3) is 0 Å². The first-order valence-electron chi connectivity index (χ1n) is 6.21. The van der Waals surface area contributed by atoms with Crippen molar-refractivity contribution in [3.8, 4) is 0 Å². The fourth-order valence-electron chi connectivity index (χ4n) is 2.38. The molecule has 0 amide bonds. The number of hydrogen-bond donors (Lipinski definition) is 0. The summed E-state index contributed by atoms with van der Waals surface area (Å²) >= 11 is 0. The molecule has 0 aromatic carbocycles. The Kier molecular flexibility index (Phi) is 3.62. The monoisotopic (exact) mass is 229 g/mol. The Morgan fingerprint density at radius 2 is 2.29 bits per heavy atom. The minimum atomic E-state index is 0.783. The van der Waals surface area contributed by atoms with Gasteiger partial charge in [0.15, 0.2) is 0 Å². The zero-order valence-electron chi connectivity index (χ0n) is 10.6. The van der Waals surface area contributed by atoms with E-state index in [1.807, 2.05) is 6.08 Å². The number of allylic oxidation sites excluding steroid dienone is 6. The van der Waals surface area contributed by atoms with Gasteiger partial charge in [0.2, 0.25) is 0 Å². The summed E-state index contributed by atoms with van der Waals surface area (Å²) in [5, 5.41) is 0. The van der Waals surface area contributed by atoms with Gasteiger partial charge < -0.3 is 4.90 Å². The Morgan fingerprint density at radius 3 is 3.00 bits per heavy atom. The Hall–Kier alpha value is -1.57. The number of carbonyl (C=O) groups excluding carboxylic acids is 1. The van der Waals surface area contributed by atoms with Crippen LogP contribution in [0, 0.1) is 0 Å². The highest BCUT2D eigenvalue weighted by Crippen LogP contribution is 2.31. The van der Waals surface area contributed by atoms with Crippen molar-refractivity contribution in [1.29, 1.82) is 0 Å². The average Bonchev–Trinajstić information content (AvgIpc) is 2.39. The lowest BCUT2D eigenvalue weighted by Gasteiger charge is -2.31. The molecule has 1 aliphatic heterocycles. The topological polar surface area (TPSA) is 20.3 Å². The molecule has 17 heavy (non-hydrogen) atoms. The van der Waals surface area contributed by atoms with Crippen LogP contribution in [0.3, 0.4) is 0 Å². The van der Waals surface area contributed by atoms with Crippen molar-refractivity contribution in [3.05, 3.63) is 46.7 Å². The highest BCUT2D eigenvalue weighted by Gasteiger charge is 2.19. The summed E-state index contributed by atoms with van der Waals surface area (Å²) in [6.07, 6.45) is 11.2. The number of rotatable bonds is 3. The second-order valence-electron chi connectivity index (χ2n) is 4.56. The third kappa shape index (κ3) is 2.41. The molecule has 0 saturated heterocycles. The van der Waals surface area contributed by atoms with E-state index in [0.717, 1.165) is 37.8 Å². The van der Waals surface area contributed by atoms with E-state index in [1.165, 1.54) is 16.8 Å². The van der Waals surface area contributed by atoms with E-state index in [1.54, 1.807) is 0 Å². The number of carbonyl (C=O) groups is 1. The van der Waals surface area contributed by atoms with Crippen LogP contribution in [0.25, 0.3) is 0 Å². The highest BCUT2D eigenvalue weighted by molar-refractivity contribution is 5.75. The molecule has 0 radical (unpaired) electrons. The molecule has 0 N–H and O–H groups in total. The molecule has 2 nitrogen and oxygen atoms in total. The summed E-state index contributed by atoms with van der Waals surface area (Å²) in [6, 6.07) is 0. The van der Waals surface area contributed by atoms with Crippen molar-refractivity contribution in [1.82, 2.24) is 4.90 Å². The molecule has 0 fully saturated rings. The standard InChI is InChI=1S/C15H19NO/c1-3-16-9-5-4-6-15(16)14-10-13(11-17)8-7-12(14)2/h4-6,8,11H,3,7,9-10H2,1-2H3. The van der Waals surface area contributed by atoms with Crippen LogP contribution >= 0.6 is 0 Å². The van der Waals surface area contributed by atoms with Gasteiger partial charge in [-0.05, 0) is 37.5 Å². The van der Waals surface area contributed by atoms with Crippen molar-refractivity contribution in [2.45, 2.75) is 26.7 Å². The van der Waals surface area contributed by atoms with Gasteiger partial charge in [-0.15, -0.1) is 0 Å². The van der Waals surface area contributed by atoms with Crippen molar-refractivity contribution in [2.75, 3.05) is 13.1 Å². The molecular weight excluding hydrogens is 210 g/mol. The SMILES string of the molecule is CCN1CC=CC=C1C1=C(C)CC=C(C=O)C1. The van der Waals surface area contributed by atoms with Gasteiger partial charge in [-0.25, -0.2) is 0 Å². The number of aldehydes is 1. The second-order valence-corrected chi connectivity index (χ2v) is 4.56. The molecule has 2 heteroatoms. The van der Waals surface area contributed by atoms with E-state index in [4.69, 9.17) is 0 Å². The predicted octanol–water partition coefficient (Wildman–Crippen LogP) is 3.00. The molecule has 0 bridgehead atoms. The van der Waals surface area contributed by atoms with Gasteiger partial charge in [-0.3, -0.25) is 4.79 Å². The lowest BCUT2D eigenvalue weighted by Crippen LogP contribution is -2.26. The Morgan fingerprint density at radius 1 is 1.47 bits per heavy atom. The van der Waals surface area contributed by atoms with Gasteiger partial charge in [-0.2, -0.15) is 0 Å². The highest BCUT2D eigenvalue weighted by atomic mass is 16.1. The molecule has 0 spiro atoms. The van der Waals surface area contributed by atoms with Crippen LogP contribution in [-0.2, 0) is 4.79 Å². The smallest absolute Gasteiger partial charge is 0.146 e. The lowest BCUT2D eigenvalue weighted by atomic mass is 9.89.